The van der Waals surface area contributed by atoms with Crippen LogP contribution in [0.2, 0.25) is 5.02 Å². The van der Waals surface area contributed by atoms with Gasteiger partial charge in [0.1, 0.15) is 5.58 Å². The van der Waals surface area contributed by atoms with Gasteiger partial charge in [-0.1, -0.05) is 62.7 Å². The maximum Gasteiger partial charge on any atom is 0.295 e. The van der Waals surface area contributed by atoms with Crippen molar-refractivity contribution in [2.24, 2.45) is 0 Å². The van der Waals surface area contributed by atoms with Gasteiger partial charge in [0.25, 0.3) is 20.0 Å². The molecule has 0 aliphatic rings. The van der Waals surface area contributed by atoms with E-state index in [0.717, 1.165) is 5.56 Å². The molecule has 1 aromatic heterocycles. The van der Waals surface area contributed by atoms with Crippen molar-refractivity contribution in [2.45, 2.75) is 36.2 Å². The third-order valence-corrected chi connectivity index (χ3v) is 8.00. The number of sulfonamides is 2. The average Bonchev–Trinajstić information content (AvgIpc) is 3.20. The minimum Gasteiger partial charge on any atom is -0.443 e. The Labute approximate surface area is 203 Å². The quantitative estimate of drug-likeness (QED) is 0.326. The Morgan fingerprint density at radius 2 is 1.41 bits per heavy atom. The summed E-state index contributed by atoms with van der Waals surface area (Å²) < 4.78 is 62.3. The molecular weight excluding hydrogens is 496 g/mol. The van der Waals surface area contributed by atoms with E-state index < -0.39 is 20.0 Å². The molecule has 3 aromatic carbocycles. The maximum absolute atomic E-state index is 13.0. The van der Waals surface area contributed by atoms with Crippen LogP contribution in [0.4, 0.5) is 11.4 Å². The number of anilines is 2. The minimum absolute atomic E-state index is 0.0176. The summed E-state index contributed by atoms with van der Waals surface area (Å²) in [6, 6.07) is 19.0. The van der Waals surface area contributed by atoms with E-state index in [0.29, 0.717) is 11.0 Å². The summed E-state index contributed by atoms with van der Waals surface area (Å²) in [5, 5.41) is 0.536. The highest BCUT2D eigenvalue weighted by Gasteiger charge is 2.23. The Morgan fingerprint density at radius 3 is 2.06 bits per heavy atom. The summed E-state index contributed by atoms with van der Waals surface area (Å²) in [7, 11) is -8.17. The molecule has 0 saturated heterocycles. The van der Waals surface area contributed by atoms with Crippen molar-refractivity contribution in [1.82, 2.24) is 0 Å². The number of furan rings is 1. The predicted octanol–water partition coefficient (Wildman–Crippen LogP) is 5.99. The lowest BCUT2D eigenvalue weighted by atomic mass is 9.87. The summed E-state index contributed by atoms with van der Waals surface area (Å²) in [6.07, 6.45) is 0. The summed E-state index contributed by atoms with van der Waals surface area (Å²) in [4.78, 5) is 0.0431. The Balaban J connectivity index is 1.65. The van der Waals surface area contributed by atoms with Crippen LogP contribution in [0.5, 0.6) is 0 Å². The number of rotatable bonds is 6. The van der Waals surface area contributed by atoms with Gasteiger partial charge in [-0.05, 0) is 47.4 Å². The Hall–Kier alpha value is -3.01. The molecule has 0 aliphatic carbocycles. The third-order valence-electron chi connectivity index (χ3n) is 5.17. The number of halogens is 1. The first-order valence-electron chi connectivity index (χ1n) is 10.3. The first kappa shape index (κ1) is 24.1. The molecule has 34 heavy (non-hydrogen) atoms. The smallest absolute Gasteiger partial charge is 0.295 e. The monoisotopic (exact) mass is 518 g/mol. The van der Waals surface area contributed by atoms with Gasteiger partial charge in [0, 0.05) is 16.5 Å². The standard InChI is InChI=1S/C24H23ClN2O5S2/c1-24(2,3)17-8-11-19(12-9-17)33(28,29)26-20-13-10-18(25)15-21(20)27-34(30,31)23-14-16-6-4-5-7-22(16)32-23/h4-15,26-27H,1-3H3. The molecule has 2 N–H and O–H groups in total. The highest BCUT2D eigenvalue weighted by atomic mass is 35.5. The molecule has 0 amide bonds. The molecule has 4 aromatic rings. The van der Waals surface area contributed by atoms with Gasteiger partial charge in [-0.3, -0.25) is 9.44 Å². The normalized spacial score (nSPS) is 12.6. The van der Waals surface area contributed by atoms with E-state index in [2.05, 4.69) is 9.44 Å². The molecule has 178 valence electrons. The van der Waals surface area contributed by atoms with E-state index in [9.17, 15) is 16.8 Å². The lowest BCUT2D eigenvalue weighted by Crippen LogP contribution is -2.18. The summed E-state index contributed by atoms with van der Waals surface area (Å²) in [5.74, 6) is 0. The van der Waals surface area contributed by atoms with Gasteiger partial charge in [0.05, 0.1) is 16.3 Å². The number of nitrogens with one attached hydrogen (secondary N) is 2. The van der Waals surface area contributed by atoms with Crippen LogP contribution in [-0.4, -0.2) is 16.8 Å². The van der Waals surface area contributed by atoms with Crippen molar-refractivity contribution >= 4 is 54.0 Å². The van der Waals surface area contributed by atoms with Gasteiger partial charge in [0.2, 0.25) is 5.09 Å². The average molecular weight is 519 g/mol. The SMILES string of the molecule is CC(C)(C)c1ccc(S(=O)(=O)Nc2ccc(Cl)cc2NS(=O)(=O)c2cc3ccccc3o2)cc1. The molecule has 0 radical (unpaired) electrons. The number of benzene rings is 3. The predicted molar refractivity (Wildman–Crippen MR) is 134 cm³/mol. The van der Waals surface area contributed by atoms with Crippen LogP contribution in [-0.2, 0) is 25.5 Å². The first-order chi connectivity index (χ1) is 15.8. The molecule has 7 nitrogen and oxygen atoms in total. The van der Waals surface area contributed by atoms with E-state index in [1.54, 1.807) is 36.4 Å². The van der Waals surface area contributed by atoms with Gasteiger partial charge in [-0.25, -0.2) is 8.42 Å². The van der Waals surface area contributed by atoms with Crippen LogP contribution in [0.1, 0.15) is 26.3 Å². The Bertz CT molecular complexity index is 1540. The van der Waals surface area contributed by atoms with Crippen LogP contribution in [0.3, 0.4) is 0 Å². The van der Waals surface area contributed by atoms with Crippen molar-refractivity contribution < 1.29 is 21.3 Å². The number of hydrogen-bond donors (Lipinski definition) is 2. The second-order valence-corrected chi connectivity index (χ2v) is 12.5. The molecule has 10 heteroatoms. The van der Waals surface area contributed by atoms with E-state index in [1.807, 2.05) is 20.8 Å². The van der Waals surface area contributed by atoms with Crippen molar-refractivity contribution in [3.05, 3.63) is 83.4 Å². The highest BCUT2D eigenvalue weighted by Crippen LogP contribution is 2.32. The van der Waals surface area contributed by atoms with Gasteiger partial charge in [-0.2, -0.15) is 8.42 Å². The Morgan fingerprint density at radius 1 is 0.765 bits per heavy atom. The van der Waals surface area contributed by atoms with E-state index >= 15 is 0 Å². The Kier molecular flexibility index (Phi) is 6.14. The fourth-order valence-electron chi connectivity index (χ4n) is 3.31. The third kappa shape index (κ3) is 5.06. The zero-order chi connectivity index (χ0) is 24.7. The molecule has 0 unspecified atom stereocenters. The van der Waals surface area contributed by atoms with Crippen LogP contribution in [0, 0.1) is 0 Å². The first-order valence-corrected chi connectivity index (χ1v) is 13.6. The van der Waals surface area contributed by atoms with Crippen molar-refractivity contribution in [3.63, 3.8) is 0 Å². The molecule has 0 aliphatic heterocycles. The molecule has 0 spiro atoms. The molecule has 1 heterocycles. The van der Waals surface area contributed by atoms with Crippen LogP contribution < -0.4 is 9.44 Å². The molecule has 0 saturated carbocycles. The van der Waals surface area contributed by atoms with Gasteiger partial charge < -0.3 is 4.42 Å². The number of fused-ring (bicyclic) bond motifs is 1. The van der Waals surface area contributed by atoms with E-state index in [1.165, 1.54) is 36.4 Å². The fourth-order valence-corrected chi connectivity index (χ4v) is 5.61. The van der Waals surface area contributed by atoms with Crippen LogP contribution >= 0.6 is 11.6 Å². The molecule has 0 bridgehead atoms. The molecular formula is C24H23ClN2O5S2. The van der Waals surface area contributed by atoms with Crippen LogP contribution in [0.15, 0.2) is 87.2 Å². The second kappa shape index (κ2) is 8.65. The number of para-hydroxylation sites is 1. The summed E-state index contributed by atoms with van der Waals surface area (Å²) in [6.45, 7) is 6.09. The summed E-state index contributed by atoms with van der Waals surface area (Å²) >= 11 is 6.07. The molecule has 4 rings (SSSR count). The van der Waals surface area contributed by atoms with Crippen LogP contribution in [0.25, 0.3) is 11.0 Å². The van der Waals surface area contributed by atoms with Gasteiger partial charge >= 0.3 is 0 Å². The van der Waals surface area contributed by atoms with Crippen molar-refractivity contribution in [3.8, 4) is 0 Å². The second-order valence-electron chi connectivity index (χ2n) is 8.78. The van der Waals surface area contributed by atoms with Gasteiger partial charge in [0.15, 0.2) is 0 Å². The zero-order valence-corrected chi connectivity index (χ0v) is 21.1. The van der Waals surface area contributed by atoms with Gasteiger partial charge in [-0.15, -0.1) is 0 Å². The lowest BCUT2D eigenvalue weighted by molar-refractivity contribution is 0.484. The molecule has 0 atom stereocenters. The fraction of sp³-hybridized carbons (Fsp3) is 0.167. The topological polar surface area (TPSA) is 105 Å². The zero-order valence-electron chi connectivity index (χ0n) is 18.7. The number of hydrogen-bond acceptors (Lipinski definition) is 5. The minimum atomic E-state index is -4.17. The largest absolute Gasteiger partial charge is 0.443 e. The van der Waals surface area contributed by atoms with Crippen molar-refractivity contribution in [1.29, 1.82) is 0 Å². The highest BCUT2D eigenvalue weighted by molar-refractivity contribution is 7.93. The summed E-state index contributed by atoms with van der Waals surface area (Å²) in [5.41, 5.74) is 1.24. The van der Waals surface area contributed by atoms with E-state index in [4.69, 9.17) is 16.0 Å². The molecule has 0 fully saturated rings. The lowest BCUT2D eigenvalue weighted by Gasteiger charge is -2.19. The van der Waals surface area contributed by atoms with Crippen molar-refractivity contribution in [2.75, 3.05) is 9.44 Å². The maximum atomic E-state index is 13.0. The van der Waals surface area contributed by atoms with E-state index in [-0.39, 0.29) is 31.8 Å².